The zero-order valence-electron chi connectivity index (χ0n) is 16.9. The van der Waals surface area contributed by atoms with Crippen LogP contribution in [0.1, 0.15) is 58.4 Å². The molecule has 0 saturated heterocycles. The van der Waals surface area contributed by atoms with Crippen molar-refractivity contribution in [2.24, 2.45) is 0 Å². The zero-order valence-corrected chi connectivity index (χ0v) is 16.9. The van der Waals surface area contributed by atoms with Gasteiger partial charge in [0.15, 0.2) is 0 Å². The highest BCUT2D eigenvalue weighted by atomic mass is 15.0. The fourth-order valence-corrected chi connectivity index (χ4v) is 3.03. The normalized spacial score (nSPS) is 12.0. The Bertz CT molecular complexity index is 1030. The van der Waals surface area contributed by atoms with Crippen molar-refractivity contribution in [1.29, 1.82) is 5.26 Å². The van der Waals surface area contributed by atoms with Gasteiger partial charge in [0, 0.05) is 28.4 Å². The summed E-state index contributed by atoms with van der Waals surface area (Å²) in [6.07, 6.45) is 1.63. The Morgan fingerprint density at radius 2 is 1.67 bits per heavy atom. The Kier molecular flexibility index (Phi) is 4.65. The van der Waals surface area contributed by atoms with Crippen molar-refractivity contribution in [1.82, 2.24) is 9.97 Å². The smallest absolute Gasteiger partial charge is 0.131 e. The number of pyridine rings is 2. The minimum atomic E-state index is -0.0275. The number of anilines is 2. The van der Waals surface area contributed by atoms with Crippen LogP contribution in [-0.2, 0) is 10.8 Å². The Morgan fingerprint density at radius 1 is 0.926 bits per heavy atom. The fourth-order valence-electron chi connectivity index (χ4n) is 3.03. The van der Waals surface area contributed by atoms with E-state index < -0.39 is 0 Å². The van der Waals surface area contributed by atoms with Crippen LogP contribution in [0, 0.1) is 11.3 Å². The third-order valence-corrected chi connectivity index (χ3v) is 4.55. The van der Waals surface area contributed by atoms with E-state index in [0.29, 0.717) is 11.4 Å². The second-order valence-corrected chi connectivity index (χ2v) is 8.95. The Morgan fingerprint density at radius 3 is 2.30 bits per heavy atom. The van der Waals surface area contributed by atoms with Gasteiger partial charge in [-0.15, -0.1) is 0 Å². The quantitative estimate of drug-likeness (QED) is 0.625. The molecule has 0 spiro atoms. The number of aromatic nitrogens is 2. The second-order valence-electron chi connectivity index (χ2n) is 8.95. The van der Waals surface area contributed by atoms with E-state index in [1.807, 2.05) is 6.07 Å². The number of hydrogen-bond donors (Lipinski definition) is 1. The van der Waals surface area contributed by atoms with Gasteiger partial charge in [-0.05, 0) is 41.3 Å². The minimum Gasteiger partial charge on any atom is -0.340 e. The van der Waals surface area contributed by atoms with Gasteiger partial charge in [0.2, 0.25) is 0 Å². The van der Waals surface area contributed by atoms with Crippen LogP contribution < -0.4 is 5.32 Å². The molecule has 3 rings (SSSR count). The first-order valence-electron chi connectivity index (χ1n) is 9.17. The molecular formula is C23H26N4. The summed E-state index contributed by atoms with van der Waals surface area (Å²) in [6, 6.07) is 14.0. The van der Waals surface area contributed by atoms with E-state index in [1.165, 1.54) is 10.9 Å². The van der Waals surface area contributed by atoms with E-state index >= 15 is 0 Å². The molecule has 138 valence electrons. The number of nitrogens with zero attached hydrogens (tertiary/aromatic N) is 3. The summed E-state index contributed by atoms with van der Waals surface area (Å²) in [5, 5.41) is 13.5. The van der Waals surface area contributed by atoms with Crippen molar-refractivity contribution in [2.75, 3.05) is 5.32 Å². The van der Waals surface area contributed by atoms with Gasteiger partial charge in [-0.25, -0.2) is 4.98 Å². The molecule has 2 aromatic heterocycles. The molecule has 0 saturated carbocycles. The van der Waals surface area contributed by atoms with Crippen LogP contribution in [0.3, 0.4) is 0 Å². The number of rotatable bonds is 2. The zero-order chi connectivity index (χ0) is 19.8. The average molecular weight is 358 g/mol. The van der Waals surface area contributed by atoms with Crippen LogP contribution in [0.2, 0.25) is 0 Å². The highest BCUT2D eigenvalue weighted by Gasteiger charge is 2.23. The predicted molar refractivity (Wildman–Crippen MR) is 111 cm³/mol. The number of benzene rings is 1. The minimum absolute atomic E-state index is 0.0266. The first-order chi connectivity index (χ1) is 12.6. The molecule has 0 aliphatic rings. The van der Waals surface area contributed by atoms with E-state index in [9.17, 15) is 0 Å². The van der Waals surface area contributed by atoms with E-state index in [0.717, 1.165) is 16.9 Å². The maximum atomic E-state index is 9.07. The highest BCUT2D eigenvalue weighted by Crippen LogP contribution is 2.34. The van der Waals surface area contributed by atoms with Gasteiger partial charge in [-0.1, -0.05) is 47.6 Å². The first-order valence-corrected chi connectivity index (χ1v) is 9.17. The van der Waals surface area contributed by atoms with Gasteiger partial charge < -0.3 is 5.32 Å². The van der Waals surface area contributed by atoms with Gasteiger partial charge in [0.1, 0.15) is 5.82 Å². The molecule has 1 N–H and O–H groups in total. The number of hydrogen-bond acceptors (Lipinski definition) is 4. The van der Waals surface area contributed by atoms with Crippen LogP contribution in [-0.4, -0.2) is 9.97 Å². The van der Waals surface area contributed by atoms with Gasteiger partial charge >= 0.3 is 0 Å². The highest BCUT2D eigenvalue weighted by molar-refractivity contribution is 5.87. The van der Waals surface area contributed by atoms with Crippen molar-refractivity contribution < 1.29 is 0 Å². The van der Waals surface area contributed by atoms with E-state index in [4.69, 9.17) is 10.2 Å². The van der Waals surface area contributed by atoms with Crippen LogP contribution in [0.25, 0.3) is 10.9 Å². The summed E-state index contributed by atoms with van der Waals surface area (Å²) in [6.45, 7) is 13.3. The van der Waals surface area contributed by atoms with Crippen LogP contribution in [0.4, 0.5) is 11.5 Å². The molecule has 0 bridgehead atoms. The molecule has 0 radical (unpaired) electrons. The van der Waals surface area contributed by atoms with Crippen molar-refractivity contribution in [2.45, 2.75) is 52.4 Å². The third-order valence-electron chi connectivity index (χ3n) is 4.55. The molecule has 0 amide bonds. The van der Waals surface area contributed by atoms with Crippen molar-refractivity contribution >= 4 is 22.4 Å². The van der Waals surface area contributed by atoms with E-state index in [1.54, 1.807) is 18.3 Å². The van der Waals surface area contributed by atoms with Crippen molar-refractivity contribution in [3.63, 3.8) is 0 Å². The number of nitrogens with one attached hydrogen (secondary N) is 1. The number of fused-ring (bicyclic) bond motifs is 1. The maximum absolute atomic E-state index is 9.07. The van der Waals surface area contributed by atoms with Gasteiger partial charge in [0.25, 0.3) is 0 Å². The predicted octanol–water partition coefficient (Wildman–Crippen LogP) is 5.84. The largest absolute Gasteiger partial charge is 0.340 e. The second kappa shape index (κ2) is 6.66. The van der Waals surface area contributed by atoms with E-state index in [-0.39, 0.29) is 10.8 Å². The molecule has 0 fully saturated rings. The molecule has 27 heavy (non-hydrogen) atoms. The molecule has 1 aromatic carbocycles. The Labute approximate surface area is 161 Å². The molecule has 3 aromatic rings. The summed E-state index contributed by atoms with van der Waals surface area (Å²) < 4.78 is 0. The lowest BCUT2D eigenvalue weighted by molar-refractivity contribution is 0.558. The lowest BCUT2D eigenvalue weighted by Crippen LogP contribution is -2.18. The number of nitriles is 1. The molecule has 0 atom stereocenters. The fraction of sp³-hybridized carbons (Fsp3) is 0.348. The molecular weight excluding hydrogens is 332 g/mol. The Hall–Kier alpha value is -2.93. The monoisotopic (exact) mass is 358 g/mol. The van der Waals surface area contributed by atoms with Crippen molar-refractivity contribution in [3.05, 3.63) is 59.4 Å². The molecule has 2 heterocycles. The SMILES string of the molecule is CC(C)(C)c1cc(C(C)(C)C)c2ccc(Nc3cc(C#N)ccn3)cc2n1. The average Bonchev–Trinajstić information content (AvgIpc) is 2.59. The molecule has 0 unspecified atom stereocenters. The van der Waals surface area contributed by atoms with Crippen LogP contribution >= 0.6 is 0 Å². The van der Waals surface area contributed by atoms with Gasteiger partial charge in [0.05, 0.1) is 17.1 Å². The van der Waals surface area contributed by atoms with Gasteiger partial charge in [-0.3, -0.25) is 4.98 Å². The van der Waals surface area contributed by atoms with E-state index in [2.05, 4.69) is 76.1 Å². The molecule has 4 nitrogen and oxygen atoms in total. The first kappa shape index (κ1) is 18.8. The standard InChI is InChI=1S/C23H26N4/c1-22(2,3)18-13-20(23(4,5)6)27-19-12-16(7-8-17(18)19)26-21-11-15(14-24)9-10-25-21/h7-13H,1-6H3,(H,25,26). The maximum Gasteiger partial charge on any atom is 0.131 e. The molecule has 0 aliphatic heterocycles. The van der Waals surface area contributed by atoms with Gasteiger partial charge in [-0.2, -0.15) is 5.26 Å². The third kappa shape index (κ3) is 4.09. The lowest BCUT2D eigenvalue weighted by atomic mass is 9.81. The lowest BCUT2D eigenvalue weighted by Gasteiger charge is -2.26. The summed E-state index contributed by atoms with van der Waals surface area (Å²) in [4.78, 5) is 9.24. The summed E-state index contributed by atoms with van der Waals surface area (Å²) in [5.41, 5.74) is 4.84. The van der Waals surface area contributed by atoms with Crippen LogP contribution in [0.15, 0.2) is 42.6 Å². The Balaban J connectivity index is 2.12. The summed E-state index contributed by atoms with van der Waals surface area (Å²) >= 11 is 0. The van der Waals surface area contributed by atoms with Crippen molar-refractivity contribution in [3.8, 4) is 6.07 Å². The molecule has 0 aliphatic carbocycles. The summed E-state index contributed by atoms with van der Waals surface area (Å²) in [5.74, 6) is 0.649. The summed E-state index contributed by atoms with van der Waals surface area (Å²) in [7, 11) is 0. The van der Waals surface area contributed by atoms with Crippen LogP contribution in [0.5, 0.6) is 0 Å². The topological polar surface area (TPSA) is 61.6 Å². The molecule has 4 heteroatoms.